The molecular weight excluding hydrogens is 339 g/mol. The number of hydrogen-bond acceptors (Lipinski definition) is 2. The van der Waals surface area contributed by atoms with Gasteiger partial charge in [0, 0.05) is 18.7 Å². The maximum absolute atomic E-state index is 14.5. The van der Waals surface area contributed by atoms with Crippen LogP contribution in [0, 0.1) is 17.7 Å². The van der Waals surface area contributed by atoms with Gasteiger partial charge in [-0.3, -0.25) is 0 Å². The van der Waals surface area contributed by atoms with Gasteiger partial charge in [0.2, 0.25) is 0 Å². The zero-order valence-corrected chi connectivity index (χ0v) is 14.2. The molecule has 0 saturated carbocycles. The summed E-state index contributed by atoms with van der Waals surface area (Å²) in [6.07, 6.45) is 2.23. The second-order valence-electron chi connectivity index (χ2n) is 5.69. The summed E-state index contributed by atoms with van der Waals surface area (Å²) in [6, 6.07) is 3.57. The van der Waals surface area contributed by atoms with E-state index in [0.717, 1.165) is 31.8 Å². The maximum Gasteiger partial charge on any atom is 0.161 e. The van der Waals surface area contributed by atoms with Gasteiger partial charge in [-0.2, -0.15) is 0 Å². The fourth-order valence-corrected chi connectivity index (χ4v) is 3.63. The SMILES string of the molecule is CC(C)C1CCN(c2ccc(C(N)=S)c(Br)c2F)CC1. The molecule has 0 radical (unpaired) electrons. The van der Waals surface area contributed by atoms with Crippen LogP contribution in [0.2, 0.25) is 0 Å². The van der Waals surface area contributed by atoms with Crippen LogP contribution in [0.4, 0.5) is 10.1 Å². The third-order valence-corrected chi connectivity index (χ3v) is 5.15. The first-order valence-electron chi connectivity index (χ1n) is 6.94. The van der Waals surface area contributed by atoms with E-state index in [9.17, 15) is 4.39 Å². The van der Waals surface area contributed by atoms with Crippen LogP contribution in [0.5, 0.6) is 0 Å². The molecule has 5 heteroatoms. The van der Waals surface area contributed by atoms with Gasteiger partial charge in [0.1, 0.15) is 4.99 Å². The van der Waals surface area contributed by atoms with Gasteiger partial charge in [-0.15, -0.1) is 0 Å². The summed E-state index contributed by atoms with van der Waals surface area (Å²) in [6.45, 7) is 6.32. The normalized spacial score (nSPS) is 16.8. The van der Waals surface area contributed by atoms with Crippen molar-refractivity contribution in [1.29, 1.82) is 0 Å². The molecule has 2 N–H and O–H groups in total. The second kappa shape index (κ2) is 6.39. The lowest BCUT2D eigenvalue weighted by Gasteiger charge is -2.35. The third kappa shape index (κ3) is 3.14. The number of rotatable bonds is 3. The molecule has 0 spiro atoms. The van der Waals surface area contributed by atoms with Gasteiger partial charge < -0.3 is 10.6 Å². The molecule has 1 fully saturated rings. The van der Waals surface area contributed by atoms with Gasteiger partial charge in [0.05, 0.1) is 10.2 Å². The van der Waals surface area contributed by atoms with E-state index in [1.165, 1.54) is 0 Å². The Hall–Kier alpha value is -0.680. The van der Waals surface area contributed by atoms with E-state index in [1.807, 2.05) is 0 Å². The van der Waals surface area contributed by atoms with Crippen LogP contribution in [0.25, 0.3) is 0 Å². The first-order chi connectivity index (χ1) is 9.41. The van der Waals surface area contributed by atoms with Crippen LogP contribution in [0.3, 0.4) is 0 Å². The minimum atomic E-state index is -0.265. The van der Waals surface area contributed by atoms with Gasteiger partial charge in [-0.1, -0.05) is 26.1 Å². The number of hydrogen-bond donors (Lipinski definition) is 1. The van der Waals surface area contributed by atoms with Crippen molar-refractivity contribution >= 4 is 38.8 Å². The van der Waals surface area contributed by atoms with E-state index in [2.05, 4.69) is 34.7 Å². The number of thiocarbonyl (C=S) groups is 1. The van der Waals surface area contributed by atoms with E-state index in [-0.39, 0.29) is 10.8 Å². The minimum Gasteiger partial charge on any atom is -0.389 e. The van der Waals surface area contributed by atoms with Gasteiger partial charge in [0.25, 0.3) is 0 Å². The van der Waals surface area contributed by atoms with E-state index >= 15 is 0 Å². The van der Waals surface area contributed by atoms with Crippen molar-refractivity contribution in [2.75, 3.05) is 18.0 Å². The number of piperidine rings is 1. The van der Waals surface area contributed by atoms with Gasteiger partial charge in [0.15, 0.2) is 5.82 Å². The highest BCUT2D eigenvalue weighted by atomic mass is 79.9. The Labute approximate surface area is 133 Å². The number of benzene rings is 1. The molecule has 20 heavy (non-hydrogen) atoms. The molecule has 1 aliphatic heterocycles. The van der Waals surface area contributed by atoms with Crippen LogP contribution < -0.4 is 10.6 Å². The second-order valence-corrected chi connectivity index (χ2v) is 6.93. The molecule has 0 aliphatic carbocycles. The Morgan fingerprint density at radius 2 is 2.00 bits per heavy atom. The molecule has 1 aromatic rings. The number of nitrogens with zero attached hydrogens (tertiary/aromatic N) is 1. The Morgan fingerprint density at radius 3 is 2.50 bits per heavy atom. The Balaban J connectivity index is 2.19. The molecule has 1 heterocycles. The first kappa shape index (κ1) is 15.7. The van der Waals surface area contributed by atoms with Crippen molar-refractivity contribution in [1.82, 2.24) is 0 Å². The van der Waals surface area contributed by atoms with E-state index in [4.69, 9.17) is 18.0 Å². The quantitative estimate of drug-likeness (QED) is 0.824. The molecule has 1 aromatic carbocycles. The highest BCUT2D eigenvalue weighted by molar-refractivity contribution is 9.10. The summed E-state index contributed by atoms with van der Waals surface area (Å²) < 4.78 is 14.8. The summed E-state index contributed by atoms with van der Waals surface area (Å²) in [5.41, 5.74) is 6.78. The highest BCUT2D eigenvalue weighted by Crippen LogP contribution is 2.33. The molecule has 2 rings (SSSR count). The lowest BCUT2D eigenvalue weighted by Crippen LogP contribution is -2.35. The molecule has 0 atom stereocenters. The van der Waals surface area contributed by atoms with Crippen molar-refractivity contribution in [2.24, 2.45) is 17.6 Å². The van der Waals surface area contributed by atoms with Gasteiger partial charge in [-0.05, 0) is 52.7 Å². The number of nitrogens with two attached hydrogens (primary N) is 1. The maximum atomic E-state index is 14.5. The van der Waals surface area contributed by atoms with E-state index in [1.54, 1.807) is 12.1 Å². The summed E-state index contributed by atoms with van der Waals surface area (Å²) in [7, 11) is 0. The first-order valence-corrected chi connectivity index (χ1v) is 8.14. The summed E-state index contributed by atoms with van der Waals surface area (Å²) in [4.78, 5) is 2.32. The third-order valence-electron chi connectivity index (χ3n) is 4.15. The largest absolute Gasteiger partial charge is 0.389 e. The summed E-state index contributed by atoms with van der Waals surface area (Å²) >= 11 is 8.18. The van der Waals surface area contributed by atoms with Crippen molar-refractivity contribution in [3.05, 3.63) is 28.0 Å². The van der Waals surface area contributed by atoms with Crippen molar-refractivity contribution in [3.8, 4) is 0 Å². The molecule has 110 valence electrons. The van der Waals surface area contributed by atoms with Crippen LogP contribution in [-0.2, 0) is 0 Å². The molecule has 1 saturated heterocycles. The highest BCUT2D eigenvalue weighted by Gasteiger charge is 2.24. The van der Waals surface area contributed by atoms with Crippen molar-refractivity contribution in [3.63, 3.8) is 0 Å². The average Bonchev–Trinajstić information content (AvgIpc) is 2.41. The predicted molar refractivity (Wildman–Crippen MR) is 89.8 cm³/mol. The van der Waals surface area contributed by atoms with Crippen molar-refractivity contribution < 1.29 is 4.39 Å². The minimum absolute atomic E-state index is 0.209. The average molecular weight is 359 g/mol. The predicted octanol–water partition coefficient (Wildman–Crippen LogP) is 4.09. The monoisotopic (exact) mass is 358 g/mol. The molecule has 0 bridgehead atoms. The molecule has 0 aromatic heterocycles. The van der Waals surface area contributed by atoms with E-state index < -0.39 is 0 Å². The van der Waals surface area contributed by atoms with Gasteiger partial charge >= 0.3 is 0 Å². The summed E-state index contributed by atoms with van der Waals surface area (Å²) in [5, 5.41) is 0. The Morgan fingerprint density at radius 1 is 1.40 bits per heavy atom. The fourth-order valence-electron chi connectivity index (χ4n) is 2.78. The van der Waals surface area contributed by atoms with Crippen molar-refractivity contribution in [2.45, 2.75) is 26.7 Å². The standard InChI is InChI=1S/C15H20BrFN2S/c1-9(2)10-5-7-19(8-6-10)12-4-3-11(15(18)20)13(16)14(12)17/h3-4,9-10H,5-8H2,1-2H3,(H2,18,20). The van der Waals surface area contributed by atoms with Crippen LogP contribution in [-0.4, -0.2) is 18.1 Å². The lowest BCUT2D eigenvalue weighted by molar-refractivity contribution is 0.310. The zero-order chi connectivity index (χ0) is 14.9. The molecule has 1 aliphatic rings. The number of anilines is 1. The van der Waals surface area contributed by atoms with E-state index in [0.29, 0.717) is 21.6 Å². The zero-order valence-electron chi connectivity index (χ0n) is 11.8. The van der Waals surface area contributed by atoms with Crippen LogP contribution >= 0.6 is 28.1 Å². The Kier molecular flexibility index (Phi) is 5.02. The van der Waals surface area contributed by atoms with Crippen LogP contribution in [0.15, 0.2) is 16.6 Å². The molecular formula is C15H20BrFN2S. The number of halogens is 2. The topological polar surface area (TPSA) is 29.3 Å². The lowest BCUT2D eigenvalue weighted by atomic mass is 9.86. The smallest absolute Gasteiger partial charge is 0.161 e. The molecule has 2 nitrogen and oxygen atoms in total. The molecule has 0 unspecified atom stereocenters. The molecule has 0 amide bonds. The van der Waals surface area contributed by atoms with Crippen LogP contribution in [0.1, 0.15) is 32.3 Å². The van der Waals surface area contributed by atoms with Gasteiger partial charge in [-0.25, -0.2) is 4.39 Å². The Bertz CT molecular complexity index is 511. The summed E-state index contributed by atoms with van der Waals surface area (Å²) in [5.74, 6) is 1.18. The fraction of sp³-hybridized carbons (Fsp3) is 0.533.